The minimum Gasteiger partial charge on any atom is -0.366 e. The van der Waals surface area contributed by atoms with Gasteiger partial charge in [0.05, 0.1) is 11.6 Å². The fourth-order valence-corrected chi connectivity index (χ4v) is 5.28. The van der Waals surface area contributed by atoms with E-state index in [-0.39, 0.29) is 119 Å². The van der Waals surface area contributed by atoms with Crippen LogP contribution in [0, 0.1) is 13.5 Å². The van der Waals surface area contributed by atoms with Gasteiger partial charge in [0.15, 0.2) is 34.7 Å². The van der Waals surface area contributed by atoms with Crippen molar-refractivity contribution in [2.24, 2.45) is 0 Å². The van der Waals surface area contributed by atoms with Crippen LogP contribution in [-0.4, -0.2) is 46.3 Å². The molecule has 4 aliphatic rings. The Labute approximate surface area is 384 Å². The summed E-state index contributed by atoms with van der Waals surface area (Å²) in [5.41, 5.74) is 5.05. The zero-order chi connectivity index (χ0) is 39.9. The first kappa shape index (κ1) is 52.4. The molecule has 286 valence electrons. The van der Waals surface area contributed by atoms with E-state index in [1.54, 1.807) is 111 Å². The van der Waals surface area contributed by atoms with Crippen LogP contribution in [0.1, 0.15) is 105 Å². The minimum atomic E-state index is -0.230. The van der Waals surface area contributed by atoms with Gasteiger partial charge in [-0.1, -0.05) is 132 Å². The summed E-state index contributed by atoms with van der Waals surface area (Å²) < 4.78 is 0. The van der Waals surface area contributed by atoms with Crippen LogP contribution >= 0.6 is 0 Å². The molecule has 0 aromatic heterocycles. The Balaban J connectivity index is 0.000000722. The van der Waals surface area contributed by atoms with Gasteiger partial charge in [-0.3, -0.25) is 28.8 Å². The van der Waals surface area contributed by atoms with E-state index >= 15 is 0 Å². The molecule has 0 aliphatic heterocycles. The van der Waals surface area contributed by atoms with E-state index < -0.39 is 0 Å². The summed E-state index contributed by atoms with van der Waals surface area (Å²) in [6.45, 7) is 11.2. The molecule has 0 saturated heterocycles. The van der Waals surface area contributed by atoms with Gasteiger partial charge in [0.25, 0.3) is 0 Å². The van der Waals surface area contributed by atoms with Crippen LogP contribution in [0.25, 0.3) is 0 Å². The number of benzene rings is 4. The number of fused-ring (bicyclic) bond motifs is 4. The van der Waals surface area contributed by atoms with Crippen LogP contribution < -0.4 is 0 Å². The molecule has 0 heterocycles. The van der Waals surface area contributed by atoms with Crippen molar-refractivity contribution in [1.82, 2.24) is 0 Å². The van der Waals surface area contributed by atoms with Crippen molar-refractivity contribution in [3.8, 4) is 0 Å². The van der Waals surface area contributed by atoms with Crippen molar-refractivity contribution >= 4 is 46.3 Å². The van der Waals surface area contributed by atoms with Crippen molar-refractivity contribution in [2.45, 2.75) is 41.5 Å². The third kappa shape index (κ3) is 13.2. The van der Waals surface area contributed by atoms with Gasteiger partial charge < -0.3 is 17.0 Å². The molecular formula is C47H42O8Y2-2. The number of hydrogen-bond donors (Lipinski definition) is 0. The number of rotatable bonds is 0. The molecule has 4 aliphatic carbocycles. The van der Waals surface area contributed by atoms with E-state index in [0.29, 0.717) is 55.7 Å². The smallest absolute Gasteiger partial charge is 0.194 e. The van der Waals surface area contributed by atoms with Crippen molar-refractivity contribution in [1.29, 1.82) is 0 Å². The Hall–Kier alpha value is -4.59. The normalized spacial score (nSPS) is 13.4. The van der Waals surface area contributed by atoms with Crippen molar-refractivity contribution in [3.63, 3.8) is 0 Å². The van der Waals surface area contributed by atoms with Crippen LogP contribution in [0.5, 0.6) is 0 Å². The molecule has 0 N–H and O–H groups in total. The Bertz CT molecular complexity index is 1920. The molecule has 4 aromatic carbocycles. The van der Waals surface area contributed by atoms with Crippen LogP contribution in [0.3, 0.4) is 0 Å². The number of allylic oxidation sites excluding steroid dienone is 8. The summed E-state index contributed by atoms with van der Waals surface area (Å²) in [5.74, 6) is -0.795. The van der Waals surface area contributed by atoms with Crippen LogP contribution in [0.4, 0.5) is 0 Å². The molecular weight excluding hydrogens is 870 g/mol. The van der Waals surface area contributed by atoms with Gasteiger partial charge in [0, 0.05) is 115 Å². The summed E-state index contributed by atoms with van der Waals surface area (Å²) >= 11 is 0. The van der Waals surface area contributed by atoms with Crippen molar-refractivity contribution < 1.29 is 104 Å². The van der Waals surface area contributed by atoms with E-state index in [1.165, 1.54) is 24.3 Å². The molecule has 0 unspecified atom stereocenters. The van der Waals surface area contributed by atoms with Gasteiger partial charge in [-0.15, -0.1) is 23.8 Å². The zero-order valence-electron chi connectivity index (χ0n) is 33.0. The van der Waals surface area contributed by atoms with E-state index in [2.05, 4.69) is 6.08 Å². The second-order valence-corrected chi connectivity index (χ2v) is 11.3. The van der Waals surface area contributed by atoms with Crippen LogP contribution in [-0.2, 0) is 84.6 Å². The van der Waals surface area contributed by atoms with Gasteiger partial charge in [0.2, 0.25) is 0 Å². The van der Waals surface area contributed by atoms with E-state index in [4.69, 9.17) is 0 Å². The quantitative estimate of drug-likeness (QED) is 0.109. The Morgan fingerprint density at radius 3 is 0.860 bits per heavy atom. The van der Waals surface area contributed by atoms with E-state index in [1.807, 2.05) is 27.7 Å². The number of carbonyl (C=O) groups is 8. The van der Waals surface area contributed by atoms with Gasteiger partial charge in [-0.25, -0.2) is 0 Å². The number of ketones is 8. The summed E-state index contributed by atoms with van der Waals surface area (Å²) in [5, 5.41) is 0. The molecule has 57 heavy (non-hydrogen) atoms. The first-order chi connectivity index (χ1) is 26.0. The van der Waals surface area contributed by atoms with Gasteiger partial charge in [0.1, 0.15) is 0 Å². The first-order valence-corrected chi connectivity index (χ1v) is 17.3. The third-order valence-corrected chi connectivity index (χ3v) is 7.89. The molecule has 2 radical (unpaired) electrons. The maximum atomic E-state index is 12.1. The van der Waals surface area contributed by atoms with Gasteiger partial charge in [-0.05, 0) is 25.2 Å². The standard InChI is InChI=1S/2C14H8O2.C7H6O2.C7H5O2.2C2H6.CH3.2Y/c2*15-13-9-5-1-2-6-10(9)14(16)12-8-4-3-7-11(12)13;2*1-5-4-6(8)2-3-7(5)9;2*1-2;;;/h2*1-8H;2-4H,1H3;3-4H,1H3;2*1-2H3;1H3;;/q;;;-1;;;-1;;. The maximum absolute atomic E-state index is 12.1. The second-order valence-electron chi connectivity index (χ2n) is 11.3. The monoisotopic (exact) mass is 912 g/mol. The summed E-state index contributed by atoms with van der Waals surface area (Å²) in [4.78, 5) is 90.6. The Kier molecular flexibility index (Phi) is 23.6. The van der Waals surface area contributed by atoms with Gasteiger partial charge in [-0.2, -0.15) is 0 Å². The predicted octanol–water partition coefficient (Wildman–Crippen LogP) is 8.51. The fourth-order valence-electron chi connectivity index (χ4n) is 5.28. The van der Waals surface area contributed by atoms with Crippen molar-refractivity contribution in [3.05, 3.63) is 197 Å². The van der Waals surface area contributed by atoms with Crippen molar-refractivity contribution in [2.75, 3.05) is 0 Å². The fraction of sp³-hybridized carbons (Fsp3) is 0.128. The van der Waals surface area contributed by atoms with Gasteiger partial charge >= 0.3 is 0 Å². The SMILES string of the molecule is CC.CC.CC1=CC(=O)C=CC1=O.CC1=CC(=O)[C-]=CC1=O.O=C1c2ccccc2C(=O)c2ccccc21.O=C1c2ccccc2C(=O)c2ccccc21.[CH3-].[Y].[Y]. The number of hydrogen-bond acceptors (Lipinski definition) is 8. The van der Waals surface area contributed by atoms with Crippen LogP contribution in [0.2, 0.25) is 0 Å². The summed E-state index contributed by atoms with van der Waals surface area (Å²) in [7, 11) is 0. The summed E-state index contributed by atoms with van der Waals surface area (Å²) in [6.07, 6.45) is 8.61. The summed E-state index contributed by atoms with van der Waals surface area (Å²) in [6, 6.07) is 27.8. The molecule has 0 amide bonds. The molecule has 0 atom stereocenters. The Morgan fingerprint density at radius 1 is 0.386 bits per heavy atom. The molecule has 8 nitrogen and oxygen atoms in total. The minimum absolute atomic E-state index is 0. The maximum Gasteiger partial charge on any atom is 0.194 e. The largest absolute Gasteiger partial charge is 0.366 e. The molecule has 0 fully saturated rings. The molecule has 0 bridgehead atoms. The molecule has 10 heteroatoms. The van der Waals surface area contributed by atoms with E-state index in [9.17, 15) is 38.4 Å². The average molecular weight is 913 g/mol. The molecule has 0 saturated carbocycles. The molecule has 0 spiro atoms. The average Bonchev–Trinajstić information content (AvgIpc) is 3.21. The first-order valence-electron chi connectivity index (χ1n) is 17.3. The predicted molar refractivity (Wildman–Crippen MR) is 213 cm³/mol. The Morgan fingerprint density at radius 2 is 0.649 bits per heavy atom. The molecule has 8 rings (SSSR count). The van der Waals surface area contributed by atoms with E-state index in [0.717, 1.165) is 6.08 Å². The molecule has 4 aromatic rings. The topological polar surface area (TPSA) is 137 Å². The van der Waals surface area contributed by atoms with Crippen LogP contribution in [0.15, 0.2) is 139 Å². The zero-order valence-corrected chi connectivity index (χ0v) is 38.7. The second kappa shape index (κ2) is 25.6. The third-order valence-electron chi connectivity index (χ3n) is 7.89. The number of carbonyl (C=O) groups excluding carboxylic acids is 8.